The predicted molar refractivity (Wildman–Crippen MR) is 102 cm³/mol. The zero-order valence-electron chi connectivity index (χ0n) is 15.8. The molecule has 0 saturated heterocycles. The van der Waals surface area contributed by atoms with Crippen LogP contribution in [0, 0.1) is 0 Å². The lowest BCUT2D eigenvalue weighted by molar-refractivity contribution is -0.128. The zero-order chi connectivity index (χ0) is 19.2. The van der Waals surface area contributed by atoms with E-state index in [4.69, 9.17) is 4.74 Å². The molecule has 0 bridgehead atoms. The van der Waals surface area contributed by atoms with Crippen molar-refractivity contribution in [2.24, 2.45) is 0 Å². The molecule has 0 radical (unpaired) electrons. The number of rotatable bonds is 8. The number of hydrogen-bond acceptors (Lipinski definition) is 4. The SMILES string of the molecule is CC[C@@H](C)NS(=O)(=O)c1ccc(O[C@H](C)C(=O)NC2CCCCC2)cc1. The van der Waals surface area contributed by atoms with Crippen LogP contribution in [0.2, 0.25) is 0 Å². The first-order valence-corrected chi connectivity index (χ1v) is 10.9. The molecule has 1 fully saturated rings. The molecule has 0 unspecified atom stereocenters. The highest BCUT2D eigenvalue weighted by Gasteiger charge is 2.21. The summed E-state index contributed by atoms with van der Waals surface area (Å²) in [6, 6.07) is 6.25. The van der Waals surface area contributed by atoms with Crippen molar-refractivity contribution in [2.45, 2.75) is 82.4 Å². The highest BCUT2D eigenvalue weighted by atomic mass is 32.2. The first kappa shape index (κ1) is 20.7. The molecule has 1 amide bonds. The maximum absolute atomic E-state index is 12.3. The van der Waals surface area contributed by atoms with E-state index in [1.54, 1.807) is 19.1 Å². The summed E-state index contributed by atoms with van der Waals surface area (Å²) in [7, 11) is -3.54. The second-order valence-electron chi connectivity index (χ2n) is 7.01. The van der Waals surface area contributed by atoms with Gasteiger partial charge in [-0.15, -0.1) is 0 Å². The van der Waals surface area contributed by atoms with Crippen LogP contribution in [0.1, 0.15) is 59.3 Å². The van der Waals surface area contributed by atoms with Crippen LogP contribution in [0.4, 0.5) is 0 Å². The minimum Gasteiger partial charge on any atom is -0.481 e. The van der Waals surface area contributed by atoms with Gasteiger partial charge in [-0.3, -0.25) is 4.79 Å². The van der Waals surface area contributed by atoms with E-state index in [1.807, 2.05) is 13.8 Å². The molecule has 1 aromatic carbocycles. The van der Waals surface area contributed by atoms with Crippen molar-refractivity contribution < 1.29 is 17.9 Å². The Bertz CT molecular complexity index is 682. The third-order valence-electron chi connectivity index (χ3n) is 4.74. The molecule has 6 nitrogen and oxygen atoms in total. The summed E-state index contributed by atoms with van der Waals surface area (Å²) < 4.78 is 32.8. The van der Waals surface area contributed by atoms with E-state index in [0.717, 1.165) is 25.7 Å². The van der Waals surface area contributed by atoms with Crippen molar-refractivity contribution in [1.82, 2.24) is 10.0 Å². The van der Waals surface area contributed by atoms with E-state index in [-0.39, 0.29) is 22.9 Å². The summed E-state index contributed by atoms with van der Waals surface area (Å²) in [5.41, 5.74) is 0. The van der Waals surface area contributed by atoms with Crippen molar-refractivity contribution >= 4 is 15.9 Å². The van der Waals surface area contributed by atoms with Crippen molar-refractivity contribution in [3.63, 3.8) is 0 Å². The van der Waals surface area contributed by atoms with Gasteiger partial charge in [-0.1, -0.05) is 26.2 Å². The molecule has 2 atom stereocenters. The Labute approximate surface area is 156 Å². The van der Waals surface area contributed by atoms with E-state index in [2.05, 4.69) is 10.0 Å². The van der Waals surface area contributed by atoms with Crippen LogP contribution in [0.15, 0.2) is 29.2 Å². The van der Waals surface area contributed by atoms with E-state index in [1.165, 1.54) is 18.6 Å². The van der Waals surface area contributed by atoms with Gasteiger partial charge in [-0.25, -0.2) is 13.1 Å². The summed E-state index contributed by atoms with van der Waals surface area (Å²) in [4.78, 5) is 12.4. The van der Waals surface area contributed by atoms with Crippen LogP contribution in [0.25, 0.3) is 0 Å². The first-order valence-electron chi connectivity index (χ1n) is 9.41. The summed E-state index contributed by atoms with van der Waals surface area (Å²) in [5.74, 6) is 0.339. The topological polar surface area (TPSA) is 84.5 Å². The van der Waals surface area contributed by atoms with E-state index in [9.17, 15) is 13.2 Å². The van der Waals surface area contributed by atoms with Crippen LogP contribution in [0.5, 0.6) is 5.75 Å². The van der Waals surface area contributed by atoms with Gasteiger partial charge in [0.1, 0.15) is 5.75 Å². The van der Waals surface area contributed by atoms with Gasteiger partial charge in [0.25, 0.3) is 5.91 Å². The second kappa shape index (κ2) is 9.37. The van der Waals surface area contributed by atoms with Gasteiger partial charge in [0.15, 0.2) is 6.10 Å². The average molecular weight is 383 g/mol. The quantitative estimate of drug-likeness (QED) is 0.724. The van der Waals surface area contributed by atoms with Crippen molar-refractivity contribution in [3.8, 4) is 5.75 Å². The number of benzene rings is 1. The second-order valence-corrected chi connectivity index (χ2v) is 8.72. The highest BCUT2D eigenvalue weighted by Crippen LogP contribution is 2.19. The lowest BCUT2D eigenvalue weighted by atomic mass is 9.95. The number of sulfonamides is 1. The van der Waals surface area contributed by atoms with Gasteiger partial charge in [0.05, 0.1) is 4.90 Å². The molecule has 146 valence electrons. The molecule has 26 heavy (non-hydrogen) atoms. The maximum atomic E-state index is 12.3. The Morgan fingerprint density at radius 2 is 1.77 bits per heavy atom. The molecule has 0 spiro atoms. The lowest BCUT2D eigenvalue weighted by Gasteiger charge is -2.24. The Morgan fingerprint density at radius 1 is 1.15 bits per heavy atom. The Balaban J connectivity index is 1.92. The van der Waals surface area contributed by atoms with Gasteiger partial charge in [0, 0.05) is 12.1 Å². The highest BCUT2D eigenvalue weighted by molar-refractivity contribution is 7.89. The van der Waals surface area contributed by atoms with E-state index >= 15 is 0 Å². The standard InChI is InChI=1S/C19H30N2O4S/c1-4-14(2)21-26(23,24)18-12-10-17(11-13-18)25-15(3)19(22)20-16-8-6-5-7-9-16/h10-16,21H,4-9H2,1-3H3,(H,20,22)/t14-,15-/m1/s1. The summed E-state index contributed by atoms with van der Waals surface area (Å²) >= 11 is 0. The molecular weight excluding hydrogens is 352 g/mol. The van der Waals surface area contributed by atoms with Crippen molar-refractivity contribution in [3.05, 3.63) is 24.3 Å². The minimum absolute atomic E-state index is 0.126. The monoisotopic (exact) mass is 382 g/mol. The summed E-state index contributed by atoms with van der Waals surface area (Å²) in [6.45, 7) is 5.44. The van der Waals surface area contributed by atoms with Crippen molar-refractivity contribution in [1.29, 1.82) is 0 Å². The first-order chi connectivity index (χ1) is 12.3. The van der Waals surface area contributed by atoms with Crippen LogP contribution >= 0.6 is 0 Å². The fourth-order valence-electron chi connectivity index (χ4n) is 2.94. The summed E-state index contributed by atoms with van der Waals surface area (Å²) in [5, 5.41) is 3.03. The Kier molecular flexibility index (Phi) is 7.46. The molecule has 7 heteroatoms. The number of hydrogen-bond donors (Lipinski definition) is 2. The number of ether oxygens (including phenoxy) is 1. The van der Waals surface area contributed by atoms with Crippen molar-refractivity contribution in [2.75, 3.05) is 0 Å². The Morgan fingerprint density at radius 3 is 2.35 bits per heavy atom. The third-order valence-corrected chi connectivity index (χ3v) is 6.34. The normalized spacial score (nSPS) is 18.1. The largest absolute Gasteiger partial charge is 0.481 e. The van der Waals surface area contributed by atoms with Crippen LogP contribution in [-0.2, 0) is 14.8 Å². The molecule has 0 aromatic heterocycles. The summed E-state index contributed by atoms with van der Waals surface area (Å²) in [6.07, 6.45) is 5.68. The fraction of sp³-hybridized carbons (Fsp3) is 0.632. The van der Waals surface area contributed by atoms with E-state index in [0.29, 0.717) is 12.2 Å². The van der Waals surface area contributed by atoms with Gasteiger partial charge in [-0.05, 0) is 57.4 Å². The number of nitrogens with one attached hydrogen (secondary N) is 2. The fourth-order valence-corrected chi connectivity index (χ4v) is 4.26. The molecule has 0 aliphatic heterocycles. The number of carbonyl (C=O) groups is 1. The molecule has 2 rings (SSSR count). The number of carbonyl (C=O) groups excluding carboxylic acids is 1. The lowest BCUT2D eigenvalue weighted by Crippen LogP contribution is -2.43. The molecule has 1 saturated carbocycles. The van der Waals surface area contributed by atoms with Gasteiger partial charge < -0.3 is 10.1 Å². The molecule has 1 aliphatic rings. The van der Waals surface area contributed by atoms with Gasteiger partial charge in [0.2, 0.25) is 10.0 Å². The molecule has 0 heterocycles. The third kappa shape index (κ3) is 5.99. The van der Waals surface area contributed by atoms with Crippen LogP contribution < -0.4 is 14.8 Å². The molecule has 1 aliphatic carbocycles. The minimum atomic E-state index is -3.54. The molecule has 2 N–H and O–H groups in total. The maximum Gasteiger partial charge on any atom is 0.260 e. The zero-order valence-corrected chi connectivity index (χ0v) is 16.6. The van der Waals surface area contributed by atoms with Crippen LogP contribution in [0.3, 0.4) is 0 Å². The average Bonchev–Trinajstić information content (AvgIpc) is 2.62. The molecular formula is C19H30N2O4S. The number of amides is 1. The van der Waals surface area contributed by atoms with Gasteiger partial charge >= 0.3 is 0 Å². The van der Waals surface area contributed by atoms with Gasteiger partial charge in [-0.2, -0.15) is 0 Å². The predicted octanol–water partition coefficient (Wildman–Crippen LogP) is 2.98. The molecule has 1 aromatic rings. The van der Waals surface area contributed by atoms with E-state index < -0.39 is 16.1 Å². The Hall–Kier alpha value is -1.60. The smallest absolute Gasteiger partial charge is 0.260 e. The van der Waals surface area contributed by atoms with Crippen LogP contribution in [-0.4, -0.2) is 32.5 Å².